The van der Waals surface area contributed by atoms with Crippen LogP contribution in [0.5, 0.6) is 0 Å². The lowest BCUT2D eigenvalue weighted by Gasteiger charge is -2.11. The lowest BCUT2D eigenvalue weighted by molar-refractivity contribution is -0.139. The van der Waals surface area contributed by atoms with Gasteiger partial charge in [-0.3, -0.25) is 0 Å². The third-order valence-corrected chi connectivity index (χ3v) is 2.29. The van der Waals surface area contributed by atoms with Gasteiger partial charge in [-0.15, -0.1) is 0 Å². The molecule has 2 aromatic rings. The second kappa shape index (κ2) is 4.38. The fourth-order valence-electron chi connectivity index (χ4n) is 1.52. The number of hydrogen-bond donors (Lipinski definition) is 1. The topological polar surface area (TPSA) is 63.3 Å². The minimum Gasteiger partial charge on any atom is -0.476 e. The van der Waals surface area contributed by atoms with Crippen LogP contribution < -0.4 is 0 Å². The maximum atomic E-state index is 13.3. The van der Waals surface area contributed by atoms with E-state index in [9.17, 15) is 22.4 Å². The first-order valence-electron chi connectivity index (χ1n) is 4.87. The third kappa shape index (κ3) is 2.42. The van der Waals surface area contributed by atoms with Crippen molar-refractivity contribution in [3.8, 4) is 11.3 Å². The third-order valence-electron chi connectivity index (χ3n) is 2.29. The summed E-state index contributed by atoms with van der Waals surface area (Å²) < 4.78 is 56.0. The molecule has 0 atom stereocenters. The van der Waals surface area contributed by atoms with Crippen molar-refractivity contribution in [2.45, 2.75) is 6.18 Å². The van der Waals surface area contributed by atoms with E-state index in [1.165, 1.54) is 0 Å². The summed E-state index contributed by atoms with van der Waals surface area (Å²) in [6.07, 6.45) is -4.93. The Kier molecular flexibility index (Phi) is 3.01. The summed E-state index contributed by atoms with van der Waals surface area (Å²) in [5.74, 6) is -3.40. The number of carboxylic acid groups (broad SMARTS) is 1. The Labute approximate surface area is 103 Å². The monoisotopic (exact) mass is 275 g/mol. The van der Waals surface area contributed by atoms with Crippen LogP contribution >= 0.6 is 0 Å². The van der Waals surface area contributed by atoms with Crippen LogP contribution in [0.15, 0.2) is 28.8 Å². The van der Waals surface area contributed by atoms with Gasteiger partial charge in [-0.1, -0.05) is 17.3 Å². The fourth-order valence-corrected chi connectivity index (χ4v) is 1.52. The number of alkyl halides is 3. The molecule has 1 aromatic heterocycles. The van der Waals surface area contributed by atoms with Crippen molar-refractivity contribution in [2.24, 2.45) is 0 Å². The van der Waals surface area contributed by atoms with E-state index in [0.717, 1.165) is 18.2 Å². The Bertz CT molecular complexity index is 633. The SMILES string of the molecule is O=C(O)c1cc(-c2cccc(F)c2C(F)(F)F)on1. The Balaban J connectivity index is 2.62. The highest BCUT2D eigenvalue weighted by atomic mass is 19.4. The van der Waals surface area contributed by atoms with Gasteiger partial charge >= 0.3 is 12.1 Å². The van der Waals surface area contributed by atoms with Crippen LogP contribution in [0.3, 0.4) is 0 Å². The van der Waals surface area contributed by atoms with E-state index in [2.05, 4.69) is 9.68 Å². The summed E-state index contributed by atoms with van der Waals surface area (Å²) in [5.41, 5.74) is -2.69. The first-order valence-corrected chi connectivity index (χ1v) is 4.87. The van der Waals surface area contributed by atoms with Crippen molar-refractivity contribution in [1.29, 1.82) is 0 Å². The molecule has 0 aliphatic rings. The molecule has 0 saturated heterocycles. The average molecular weight is 275 g/mol. The number of rotatable bonds is 2. The normalized spacial score (nSPS) is 11.6. The molecule has 2 rings (SSSR count). The number of benzene rings is 1. The van der Waals surface area contributed by atoms with Crippen LogP contribution in [-0.4, -0.2) is 16.2 Å². The maximum absolute atomic E-state index is 13.3. The van der Waals surface area contributed by atoms with Gasteiger partial charge in [0.2, 0.25) is 0 Å². The molecule has 1 N–H and O–H groups in total. The molecule has 0 saturated carbocycles. The van der Waals surface area contributed by atoms with Crippen LogP contribution in [0.25, 0.3) is 11.3 Å². The summed E-state index contributed by atoms with van der Waals surface area (Å²) in [6, 6.07) is 3.48. The molecule has 0 fully saturated rings. The molecular weight excluding hydrogens is 270 g/mol. The van der Waals surface area contributed by atoms with E-state index >= 15 is 0 Å². The molecule has 0 radical (unpaired) electrons. The molecule has 0 aliphatic heterocycles. The first-order chi connectivity index (χ1) is 8.80. The summed E-state index contributed by atoms with van der Waals surface area (Å²) in [5, 5.41) is 11.7. The van der Waals surface area contributed by atoms with Gasteiger partial charge in [-0.2, -0.15) is 13.2 Å². The smallest absolute Gasteiger partial charge is 0.419 e. The number of aromatic carboxylic acids is 1. The van der Waals surface area contributed by atoms with Gasteiger partial charge in [0.25, 0.3) is 0 Å². The van der Waals surface area contributed by atoms with Gasteiger partial charge in [0.15, 0.2) is 11.5 Å². The molecule has 19 heavy (non-hydrogen) atoms. The molecule has 4 nitrogen and oxygen atoms in total. The Morgan fingerprint density at radius 2 is 2.00 bits per heavy atom. The van der Waals surface area contributed by atoms with Crippen LogP contribution in [0.1, 0.15) is 16.1 Å². The van der Waals surface area contributed by atoms with E-state index in [-0.39, 0.29) is 0 Å². The molecule has 1 heterocycles. The molecule has 1 aromatic carbocycles. The molecular formula is C11H5F4NO3. The van der Waals surface area contributed by atoms with Gasteiger partial charge in [-0.25, -0.2) is 9.18 Å². The van der Waals surface area contributed by atoms with Crippen molar-refractivity contribution in [2.75, 3.05) is 0 Å². The van der Waals surface area contributed by atoms with E-state index in [1.54, 1.807) is 0 Å². The quantitative estimate of drug-likeness (QED) is 0.855. The lowest BCUT2D eigenvalue weighted by atomic mass is 10.0. The van der Waals surface area contributed by atoms with E-state index in [4.69, 9.17) is 5.11 Å². The van der Waals surface area contributed by atoms with E-state index in [0.29, 0.717) is 6.07 Å². The van der Waals surface area contributed by atoms with Crippen LogP contribution in [0, 0.1) is 5.82 Å². The Hall–Kier alpha value is -2.38. The second-order valence-electron chi connectivity index (χ2n) is 3.54. The van der Waals surface area contributed by atoms with Crippen molar-refractivity contribution in [3.05, 3.63) is 41.3 Å². The predicted octanol–water partition coefficient (Wildman–Crippen LogP) is 3.20. The summed E-state index contributed by atoms with van der Waals surface area (Å²) in [7, 11) is 0. The number of hydrogen-bond acceptors (Lipinski definition) is 3. The number of carbonyl (C=O) groups is 1. The first kappa shape index (κ1) is 13.1. The minimum atomic E-state index is -4.93. The average Bonchev–Trinajstić information content (AvgIpc) is 2.75. The highest BCUT2D eigenvalue weighted by Crippen LogP contribution is 2.38. The maximum Gasteiger partial charge on any atom is 0.419 e. The standard InChI is InChI=1S/C11H5F4NO3/c12-6-3-1-2-5(9(6)11(13,14)15)8-4-7(10(17)18)16-19-8/h1-4H,(H,17,18). The van der Waals surface area contributed by atoms with Gasteiger partial charge in [0.05, 0.1) is 0 Å². The van der Waals surface area contributed by atoms with Gasteiger partial charge in [0, 0.05) is 11.6 Å². The molecule has 100 valence electrons. The number of nitrogens with zero attached hydrogens (tertiary/aromatic N) is 1. The predicted molar refractivity (Wildman–Crippen MR) is 53.9 cm³/mol. The largest absolute Gasteiger partial charge is 0.476 e. The molecule has 8 heteroatoms. The van der Waals surface area contributed by atoms with Crippen molar-refractivity contribution in [1.82, 2.24) is 5.16 Å². The molecule has 0 spiro atoms. The van der Waals surface area contributed by atoms with E-state index < -0.39 is 40.5 Å². The zero-order valence-electron chi connectivity index (χ0n) is 9.03. The highest BCUT2D eigenvalue weighted by Gasteiger charge is 2.38. The Morgan fingerprint density at radius 3 is 2.53 bits per heavy atom. The van der Waals surface area contributed by atoms with E-state index in [1.807, 2.05) is 0 Å². The Morgan fingerprint density at radius 1 is 1.32 bits per heavy atom. The highest BCUT2D eigenvalue weighted by molar-refractivity contribution is 5.86. The molecule has 0 aliphatic carbocycles. The van der Waals surface area contributed by atoms with Crippen molar-refractivity contribution < 1.29 is 32.0 Å². The summed E-state index contributed by atoms with van der Waals surface area (Å²) in [6.45, 7) is 0. The number of halogens is 4. The number of aromatic nitrogens is 1. The van der Waals surface area contributed by atoms with Crippen LogP contribution in [-0.2, 0) is 6.18 Å². The molecule has 0 amide bonds. The van der Waals surface area contributed by atoms with Crippen molar-refractivity contribution in [3.63, 3.8) is 0 Å². The van der Waals surface area contributed by atoms with Crippen LogP contribution in [0.4, 0.5) is 17.6 Å². The number of carboxylic acids is 1. The molecule has 0 bridgehead atoms. The van der Waals surface area contributed by atoms with Crippen molar-refractivity contribution >= 4 is 5.97 Å². The lowest BCUT2D eigenvalue weighted by Crippen LogP contribution is -2.10. The fraction of sp³-hybridized carbons (Fsp3) is 0.0909. The second-order valence-corrected chi connectivity index (χ2v) is 3.54. The van der Waals surface area contributed by atoms with Gasteiger partial charge < -0.3 is 9.63 Å². The van der Waals surface area contributed by atoms with Crippen LogP contribution in [0.2, 0.25) is 0 Å². The molecule has 0 unspecified atom stereocenters. The van der Waals surface area contributed by atoms with Gasteiger partial charge in [0.1, 0.15) is 11.4 Å². The van der Waals surface area contributed by atoms with Gasteiger partial charge in [-0.05, 0) is 6.07 Å². The summed E-state index contributed by atoms with van der Waals surface area (Å²) >= 11 is 0. The minimum absolute atomic E-state index is 0.468. The zero-order chi connectivity index (χ0) is 14.2. The summed E-state index contributed by atoms with van der Waals surface area (Å²) in [4.78, 5) is 10.6. The zero-order valence-corrected chi connectivity index (χ0v) is 9.03.